The topological polar surface area (TPSA) is 46.3 Å². The van der Waals surface area contributed by atoms with Gasteiger partial charge in [-0.2, -0.15) is 5.10 Å². The Hall–Kier alpha value is -2.76. The lowest BCUT2D eigenvalue weighted by molar-refractivity contribution is 0.197. The van der Waals surface area contributed by atoms with Gasteiger partial charge in [-0.15, -0.1) is 0 Å². The van der Waals surface area contributed by atoms with Crippen LogP contribution in [0.3, 0.4) is 0 Å². The average molecular weight is 404 g/mol. The molecule has 1 atom stereocenters. The second-order valence-electron chi connectivity index (χ2n) is 7.61. The second kappa shape index (κ2) is 7.93. The number of fused-ring (bicyclic) bond motifs is 1. The summed E-state index contributed by atoms with van der Waals surface area (Å²) in [5.41, 5.74) is 5.33. The van der Waals surface area contributed by atoms with Crippen molar-refractivity contribution in [1.82, 2.24) is 24.5 Å². The minimum absolute atomic E-state index is 0.434. The highest BCUT2D eigenvalue weighted by molar-refractivity contribution is 6.30. The zero-order valence-corrected chi connectivity index (χ0v) is 16.8. The van der Waals surface area contributed by atoms with Gasteiger partial charge < -0.3 is 0 Å². The molecule has 1 fully saturated rings. The lowest BCUT2D eigenvalue weighted by Gasteiger charge is -2.33. The molecule has 3 aromatic heterocycles. The molecule has 0 N–H and O–H groups in total. The van der Waals surface area contributed by atoms with E-state index >= 15 is 0 Å². The number of halogens is 1. The highest BCUT2D eigenvalue weighted by Crippen LogP contribution is 2.29. The van der Waals surface area contributed by atoms with Crippen LogP contribution in [0.4, 0.5) is 0 Å². The Morgan fingerprint density at radius 1 is 1.07 bits per heavy atom. The molecule has 29 heavy (non-hydrogen) atoms. The first-order valence-electron chi connectivity index (χ1n) is 9.98. The Labute approximate surface area is 175 Å². The van der Waals surface area contributed by atoms with E-state index in [-0.39, 0.29) is 0 Å². The summed E-state index contributed by atoms with van der Waals surface area (Å²) in [6.45, 7) is 3.08. The molecule has 5 nitrogen and oxygen atoms in total. The predicted molar refractivity (Wildman–Crippen MR) is 115 cm³/mol. The van der Waals surface area contributed by atoms with Crippen LogP contribution in [0.25, 0.3) is 16.9 Å². The largest absolute Gasteiger partial charge is 0.298 e. The Morgan fingerprint density at radius 3 is 2.79 bits per heavy atom. The van der Waals surface area contributed by atoms with Gasteiger partial charge in [0.2, 0.25) is 0 Å². The van der Waals surface area contributed by atoms with Crippen molar-refractivity contribution in [2.75, 3.05) is 13.1 Å². The van der Waals surface area contributed by atoms with Crippen LogP contribution in [0.2, 0.25) is 5.02 Å². The van der Waals surface area contributed by atoms with E-state index in [0.717, 1.165) is 48.0 Å². The van der Waals surface area contributed by atoms with E-state index in [1.165, 1.54) is 17.7 Å². The summed E-state index contributed by atoms with van der Waals surface area (Å²) >= 11 is 6.03. The minimum atomic E-state index is 0.434. The maximum Gasteiger partial charge on any atom is 0.155 e. The minimum Gasteiger partial charge on any atom is -0.298 e. The van der Waals surface area contributed by atoms with Gasteiger partial charge in [-0.1, -0.05) is 23.7 Å². The van der Waals surface area contributed by atoms with E-state index < -0.39 is 0 Å². The number of likely N-dealkylation sites (tertiary alicyclic amines) is 1. The highest BCUT2D eigenvalue weighted by Gasteiger charge is 2.24. The van der Waals surface area contributed by atoms with Crippen molar-refractivity contribution in [2.45, 2.75) is 25.3 Å². The lowest BCUT2D eigenvalue weighted by Crippen LogP contribution is -2.34. The van der Waals surface area contributed by atoms with Gasteiger partial charge in [0.15, 0.2) is 5.65 Å². The second-order valence-corrected chi connectivity index (χ2v) is 8.05. The predicted octanol–water partition coefficient (Wildman–Crippen LogP) is 4.82. The van der Waals surface area contributed by atoms with Crippen LogP contribution in [-0.2, 0) is 6.54 Å². The molecular formula is C23H22ClN5. The molecule has 1 aliphatic rings. The number of aromatic nitrogens is 4. The molecule has 1 saturated heterocycles. The van der Waals surface area contributed by atoms with Gasteiger partial charge in [0.1, 0.15) is 0 Å². The van der Waals surface area contributed by atoms with E-state index in [1.54, 1.807) is 6.20 Å². The van der Waals surface area contributed by atoms with Crippen LogP contribution < -0.4 is 0 Å². The standard InChI is InChI=1S/C23H22ClN5/c24-20-7-5-17(6-8-20)15-28-12-2-4-19(16-28)22-9-11-26-23-13-21(27-29(22)23)18-3-1-10-25-14-18/h1,3,5-11,13-14,19H,2,4,12,15-16H2. The van der Waals surface area contributed by atoms with Crippen LogP contribution in [0.1, 0.15) is 30.0 Å². The van der Waals surface area contributed by atoms with Crippen molar-refractivity contribution >= 4 is 17.2 Å². The van der Waals surface area contributed by atoms with Crippen LogP contribution in [0.5, 0.6) is 0 Å². The number of pyridine rings is 1. The van der Waals surface area contributed by atoms with Gasteiger partial charge in [-0.3, -0.25) is 9.88 Å². The molecule has 0 radical (unpaired) electrons. The summed E-state index contributed by atoms with van der Waals surface area (Å²) in [6, 6.07) is 16.3. The quantitative estimate of drug-likeness (QED) is 0.490. The SMILES string of the molecule is Clc1ccc(CN2CCCC(c3ccnc4cc(-c5cccnc5)nn34)C2)cc1. The van der Waals surface area contributed by atoms with E-state index in [0.29, 0.717) is 5.92 Å². The molecule has 1 aliphatic heterocycles. The molecule has 1 unspecified atom stereocenters. The molecule has 0 aliphatic carbocycles. The third-order valence-electron chi connectivity index (χ3n) is 5.59. The van der Waals surface area contributed by atoms with E-state index in [9.17, 15) is 0 Å². The zero-order valence-electron chi connectivity index (χ0n) is 16.1. The number of nitrogens with zero attached hydrogens (tertiary/aromatic N) is 5. The third kappa shape index (κ3) is 3.88. The molecule has 0 bridgehead atoms. The van der Waals surface area contributed by atoms with Gasteiger partial charge in [0.25, 0.3) is 0 Å². The molecule has 6 heteroatoms. The number of piperidine rings is 1. The molecule has 4 heterocycles. The smallest absolute Gasteiger partial charge is 0.155 e. The molecule has 5 rings (SSSR count). The third-order valence-corrected chi connectivity index (χ3v) is 5.84. The molecule has 0 amide bonds. The van der Waals surface area contributed by atoms with Crippen molar-refractivity contribution in [3.05, 3.63) is 83.4 Å². The van der Waals surface area contributed by atoms with Crippen LogP contribution in [-0.4, -0.2) is 37.6 Å². The first kappa shape index (κ1) is 18.3. The molecule has 0 spiro atoms. The number of benzene rings is 1. The summed E-state index contributed by atoms with van der Waals surface area (Å²) in [4.78, 5) is 11.3. The van der Waals surface area contributed by atoms with Crippen molar-refractivity contribution in [1.29, 1.82) is 0 Å². The fraction of sp³-hybridized carbons (Fsp3) is 0.261. The van der Waals surface area contributed by atoms with Crippen molar-refractivity contribution in [3.63, 3.8) is 0 Å². The monoisotopic (exact) mass is 403 g/mol. The Kier molecular flexibility index (Phi) is 5.00. The molecule has 1 aromatic carbocycles. The maximum atomic E-state index is 6.03. The summed E-state index contributed by atoms with van der Waals surface area (Å²) in [5, 5.41) is 5.64. The Balaban J connectivity index is 1.41. The van der Waals surface area contributed by atoms with E-state index in [2.05, 4.69) is 33.1 Å². The Bertz CT molecular complexity index is 1110. The van der Waals surface area contributed by atoms with Gasteiger partial charge in [0, 0.05) is 54.3 Å². The average Bonchev–Trinajstić information content (AvgIpc) is 3.21. The van der Waals surface area contributed by atoms with Crippen LogP contribution in [0.15, 0.2) is 67.1 Å². The number of rotatable bonds is 4. The van der Waals surface area contributed by atoms with Gasteiger partial charge in [0.05, 0.1) is 11.4 Å². The maximum absolute atomic E-state index is 6.03. The fourth-order valence-electron chi connectivity index (χ4n) is 4.17. The molecule has 4 aromatic rings. The van der Waals surface area contributed by atoms with Crippen LogP contribution in [0, 0.1) is 0 Å². The summed E-state index contributed by atoms with van der Waals surface area (Å²) in [5.74, 6) is 0.434. The van der Waals surface area contributed by atoms with Crippen LogP contribution >= 0.6 is 11.6 Å². The molecule has 0 saturated carbocycles. The number of hydrogen-bond acceptors (Lipinski definition) is 4. The summed E-state index contributed by atoms with van der Waals surface area (Å²) in [6.07, 6.45) is 7.87. The molecule has 146 valence electrons. The van der Waals surface area contributed by atoms with Gasteiger partial charge >= 0.3 is 0 Å². The van der Waals surface area contributed by atoms with Gasteiger partial charge in [-0.05, 0) is 55.3 Å². The normalized spacial score (nSPS) is 17.6. The Morgan fingerprint density at radius 2 is 1.97 bits per heavy atom. The fourth-order valence-corrected chi connectivity index (χ4v) is 4.29. The van der Waals surface area contributed by atoms with Gasteiger partial charge in [-0.25, -0.2) is 9.50 Å². The summed E-state index contributed by atoms with van der Waals surface area (Å²) in [7, 11) is 0. The van der Waals surface area contributed by atoms with E-state index in [4.69, 9.17) is 16.7 Å². The van der Waals surface area contributed by atoms with Crippen molar-refractivity contribution in [2.24, 2.45) is 0 Å². The van der Waals surface area contributed by atoms with E-state index in [1.807, 2.05) is 47.2 Å². The first-order chi connectivity index (χ1) is 14.3. The first-order valence-corrected chi connectivity index (χ1v) is 10.4. The lowest BCUT2D eigenvalue weighted by atomic mass is 9.94. The van der Waals surface area contributed by atoms with Crippen molar-refractivity contribution < 1.29 is 0 Å². The highest BCUT2D eigenvalue weighted by atomic mass is 35.5. The van der Waals surface area contributed by atoms with Crippen molar-refractivity contribution in [3.8, 4) is 11.3 Å². The molecular weight excluding hydrogens is 382 g/mol. The zero-order chi connectivity index (χ0) is 19.6. The summed E-state index contributed by atoms with van der Waals surface area (Å²) < 4.78 is 2.01. The number of hydrogen-bond donors (Lipinski definition) is 0.